The Kier molecular flexibility index (Phi) is 8.69. The smallest absolute Gasteiger partial charge is 0.416 e. The maximum absolute atomic E-state index is 15.8. The van der Waals surface area contributed by atoms with Crippen molar-refractivity contribution in [1.82, 2.24) is 19.9 Å². The van der Waals surface area contributed by atoms with Crippen molar-refractivity contribution in [2.45, 2.75) is 57.6 Å². The molecule has 2 N–H and O–H groups in total. The number of aromatic nitrogens is 3. The molecule has 5 rings (SSSR count). The molecule has 2 saturated heterocycles. The average molecular weight is 591 g/mol. The number of nitrogens with one attached hydrogen (secondary N) is 2. The lowest BCUT2D eigenvalue weighted by Crippen LogP contribution is -2.55. The van der Waals surface area contributed by atoms with Crippen LogP contribution in [0.1, 0.15) is 37.8 Å². The molecule has 0 spiro atoms. The van der Waals surface area contributed by atoms with Gasteiger partial charge in [0.2, 0.25) is 5.56 Å². The summed E-state index contributed by atoms with van der Waals surface area (Å²) in [6.07, 6.45) is -0.912. The monoisotopic (exact) mass is 590 g/mol. The second kappa shape index (κ2) is 12.3. The van der Waals surface area contributed by atoms with Crippen molar-refractivity contribution in [3.63, 3.8) is 0 Å². The summed E-state index contributed by atoms with van der Waals surface area (Å²) in [5.41, 5.74) is -0.649. The Morgan fingerprint density at radius 1 is 1.14 bits per heavy atom. The fourth-order valence-corrected chi connectivity index (χ4v) is 5.36. The molecule has 42 heavy (non-hydrogen) atoms. The van der Waals surface area contributed by atoms with Crippen molar-refractivity contribution in [1.29, 1.82) is 0 Å². The van der Waals surface area contributed by atoms with Crippen LogP contribution in [0.15, 0.2) is 41.5 Å². The molecule has 13 heteroatoms. The van der Waals surface area contributed by atoms with Crippen LogP contribution < -0.4 is 20.5 Å². The molecule has 0 saturated carbocycles. The summed E-state index contributed by atoms with van der Waals surface area (Å²) < 4.78 is 68.2. The standard InChI is InChI=1S/C29H34F4N6O3/c1-17-15-39(16-18(2)38(17)3)26-12-23(30)21(24-4-7-34-28(37-24)42-20-5-8-41-9-6-20)10-25(26)35-13-19-14-36-27(40)11-22(19)29(31,32)33/h4,7,10-12,14,17-18,20,35H,5-6,8-9,13,15-16H2,1-3H3,(H,36,40)/t17-,18+. The van der Waals surface area contributed by atoms with E-state index in [-0.39, 0.29) is 47.6 Å². The summed E-state index contributed by atoms with van der Waals surface area (Å²) in [6.45, 7) is 6.21. The first-order valence-electron chi connectivity index (χ1n) is 13.9. The molecule has 0 radical (unpaired) electrons. The van der Waals surface area contributed by atoms with Gasteiger partial charge >= 0.3 is 12.2 Å². The van der Waals surface area contributed by atoms with Crippen LogP contribution in [0, 0.1) is 5.82 Å². The Hall–Kier alpha value is -3.71. The van der Waals surface area contributed by atoms with Crippen molar-refractivity contribution in [3.05, 3.63) is 64.0 Å². The highest BCUT2D eigenvalue weighted by molar-refractivity contribution is 5.78. The molecule has 0 amide bonds. The van der Waals surface area contributed by atoms with Crippen LogP contribution in [0.25, 0.3) is 11.3 Å². The molecule has 9 nitrogen and oxygen atoms in total. The highest BCUT2D eigenvalue weighted by Gasteiger charge is 2.34. The summed E-state index contributed by atoms with van der Waals surface area (Å²) in [6, 6.07) is 5.47. The molecule has 0 aliphatic carbocycles. The van der Waals surface area contributed by atoms with E-state index in [1.165, 1.54) is 12.3 Å². The first-order valence-corrected chi connectivity index (χ1v) is 13.9. The molecule has 2 atom stereocenters. The Labute approximate surface area is 240 Å². The van der Waals surface area contributed by atoms with Gasteiger partial charge in [0.25, 0.3) is 0 Å². The van der Waals surface area contributed by atoms with Crippen LogP contribution in [0.2, 0.25) is 0 Å². The summed E-state index contributed by atoms with van der Waals surface area (Å²) in [5.74, 6) is -0.537. The van der Waals surface area contributed by atoms with Crippen molar-refractivity contribution in [2.75, 3.05) is 43.6 Å². The number of hydrogen-bond donors (Lipinski definition) is 2. The fraction of sp³-hybridized carbons (Fsp3) is 0.483. The number of aromatic amines is 1. The predicted octanol–water partition coefficient (Wildman–Crippen LogP) is 4.69. The van der Waals surface area contributed by atoms with E-state index in [1.54, 1.807) is 12.1 Å². The van der Waals surface area contributed by atoms with Gasteiger partial charge < -0.3 is 24.7 Å². The normalized spacial score (nSPS) is 20.5. The maximum atomic E-state index is 15.8. The number of ether oxygens (including phenoxy) is 2. The fourth-order valence-electron chi connectivity index (χ4n) is 5.36. The number of hydrogen-bond acceptors (Lipinski definition) is 8. The van der Waals surface area contributed by atoms with Crippen molar-refractivity contribution in [2.24, 2.45) is 0 Å². The van der Waals surface area contributed by atoms with E-state index < -0.39 is 23.1 Å². The molecule has 3 aromatic rings. The highest BCUT2D eigenvalue weighted by Crippen LogP contribution is 2.37. The van der Waals surface area contributed by atoms with Gasteiger partial charge in [-0.2, -0.15) is 18.2 Å². The van der Waals surface area contributed by atoms with Crippen LogP contribution in [0.4, 0.5) is 28.9 Å². The molecule has 226 valence electrons. The Morgan fingerprint density at radius 3 is 2.55 bits per heavy atom. The van der Waals surface area contributed by atoms with Crippen molar-refractivity contribution < 1.29 is 27.0 Å². The molecule has 0 unspecified atom stereocenters. The number of halogens is 4. The quantitative estimate of drug-likeness (QED) is 0.383. The number of piperazine rings is 1. The Balaban J connectivity index is 1.51. The van der Waals surface area contributed by atoms with E-state index in [4.69, 9.17) is 9.47 Å². The number of pyridine rings is 1. The minimum absolute atomic E-state index is 0.111. The van der Waals surface area contributed by atoms with Crippen LogP contribution in [-0.4, -0.2) is 71.4 Å². The lowest BCUT2D eigenvalue weighted by atomic mass is 10.0. The van der Waals surface area contributed by atoms with E-state index in [1.807, 2.05) is 11.9 Å². The summed E-state index contributed by atoms with van der Waals surface area (Å²) in [4.78, 5) is 26.8. The number of H-pyrrole nitrogens is 1. The summed E-state index contributed by atoms with van der Waals surface area (Å²) in [5, 5.41) is 3.08. The molecule has 4 heterocycles. The molecule has 2 aliphatic rings. The third kappa shape index (κ3) is 6.67. The number of benzene rings is 1. The first kappa shape index (κ1) is 29.8. The van der Waals surface area contributed by atoms with Gasteiger partial charge in [0.15, 0.2) is 0 Å². The number of nitrogens with zero attached hydrogens (tertiary/aromatic N) is 4. The molecule has 2 fully saturated rings. The van der Waals surface area contributed by atoms with Crippen LogP contribution in [-0.2, 0) is 17.5 Å². The topological polar surface area (TPSA) is 95.6 Å². The van der Waals surface area contributed by atoms with Gasteiger partial charge in [-0.1, -0.05) is 0 Å². The van der Waals surface area contributed by atoms with E-state index in [9.17, 15) is 18.0 Å². The number of rotatable bonds is 7. The second-order valence-electron chi connectivity index (χ2n) is 10.9. The maximum Gasteiger partial charge on any atom is 0.416 e. The SMILES string of the molecule is C[C@@H]1CN(c2cc(F)c(-c3ccnc(OC4CCOCC4)n3)cc2NCc2c[nH]c(=O)cc2C(F)(F)F)C[C@H](C)N1C. The van der Waals surface area contributed by atoms with Crippen molar-refractivity contribution in [3.8, 4) is 17.3 Å². The summed E-state index contributed by atoms with van der Waals surface area (Å²) >= 11 is 0. The number of likely N-dealkylation sites (N-methyl/N-ethyl adjacent to an activating group) is 1. The van der Waals surface area contributed by atoms with Crippen LogP contribution >= 0.6 is 0 Å². The molecule has 2 aliphatic heterocycles. The minimum atomic E-state index is -4.72. The van der Waals surface area contributed by atoms with Gasteiger partial charge in [0, 0.05) is 68.6 Å². The van der Waals surface area contributed by atoms with E-state index in [0.29, 0.717) is 56.6 Å². The zero-order chi connectivity index (χ0) is 30.0. The van der Waals surface area contributed by atoms with Gasteiger partial charge in [-0.3, -0.25) is 9.69 Å². The number of anilines is 2. The predicted molar refractivity (Wildman–Crippen MR) is 150 cm³/mol. The summed E-state index contributed by atoms with van der Waals surface area (Å²) in [7, 11) is 2.03. The minimum Gasteiger partial charge on any atom is -0.460 e. The van der Waals surface area contributed by atoms with Crippen LogP contribution in [0.5, 0.6) is 6.01 Å². The molecular formula is C29H34F4N6O3. The van der Waals surface area contributed by atoms with Gasteiger partial charge in [0.05, 0.1) is 35.8 Å². The third-order valence-electron chi connectivity index (χ3n) is 7.92. The van der Waals surface area contributed by atoms with Gasteiger partial charge in [-0.25, -0.2) is 9.37 Å². The highest BCUT2D eigenvalue weighted by atomic mass is 19.4. The van der Waals surface area contributed by atoms with E-state index in [0.717, 1.165) is 6.20 Å². The lowest BCUT2D eigenvalue weighted by Gasteiger charge is -2.44. The zero-order valence-corrected chi connectivity index (χ0v) is 23.7. The van der Waals surface area contributed by atoms with Gasteiger partial charge in [-0.05, 0) is 44.7 Å². The molecule has 2 aromatic heterocycles. The Morgan fingerprint density at radius 2 is 1.86 bits per heavy atom. The zero-order valence-electron chi connectivity index (χ0n) is 23.7. The number of alkyl halides is 3. The average Bonchev–Trinajstić information content (AvgIpc) is 2.95. The third-order valence-corrected chi connectivity index (χ3v) is 7.92. The lowest BCUT2D eigenvalue weighted by molar-refractivity contribution is -0.138. The molecular weight excluding hydrogens is 556 g/mol. The largest absolute Gasteiger partial charge is 0.460 e. The van der Waals surface area contributed by atoms with E-state index >= 15 is 4.39 Å². The molecule has 0 bridgehead atoms. The van der Waals surface area contributed by atoms with E-state index in [2.05, 4.69) is 39.0 Å². The van der Waals surface area contributed by atoms with Gasteiger partial charge in [0.1, 0.15) is 11.9 Å². The first-order chi connectivity index (χ1) is 20.0. The van der Waals surface area contributed by atoms with Crippen LogP contribution in [0.3, 0.4) is 0 Å². The second-order valence-corrected chi connectivity index (χ2v) is 10.9. The molecule has 1 aromatic carbocycles. The van der Waals surface area contributed by atoms with Crippen molar-refractivity contribution >= 4 is 11.4 Å². The Bertz CT molecular complexity index is 1450. The van der Waals surface area contributed by atoms with Gasteiger partial charge in [-0.15, -0.1) is 0 Å².